The SMILES string of the molecule is CCc1cc(OC(C)CCCNC)ccc1Cl. The Hall–Kier alpha value is -0.730. The summed E-state index contributed by atoms with van der Waals surface area (Å²) in [5.41, 5.74) is 1.14. The zero-order valence-corrected chi connectivity index (χ0v) is 11.7. The molecular weight excluding hydrogens is 234 g/mol. The summed E-state index contributed by atoms with van der Waals surface area (Å²) in [5.74, 6) is 0.920. The van der Waals surface area contributed by atoms with Gasteiger partial charge in [-0.15, -0.1) is 0 Å². The molecule has 1 atom stereocenters. The molecule has 96 valence electrons. The minimum atomic E-state index is 0.245. The summed E-state index contributed by atoms with van der Waals surface area (Å²) in [6, 6.07) is 5.89. The lowest BCUT2D eigenvalue weighted by Crippen LogP contribution is -2.15. The molecule has 0 amide bonds. The Labute approximate surface area is 109 Å². The minimum Gasteiger partial charge on any atom is -0.491 e. The van der Waals surface area contributed by atoms with Crippen molar-refractivity contribution in [3.63, 3.8) is 0 Å². The smallest absolute Gasteiger partial charge is 0.120 e. The standard InChI is InChI=1S/C14H22ClNO/c1-4-12-10-13(7-8-14(12)15)17-11(2)6-5-9-16-3/h7-8,10-11,16H,4-6,9H2,1-3H3. The van der Waals surface area contributed by atoms with Gasteiger partial charge in [-0.05, 0) is 63.5 Å². The van der Waals surface area contributed by atoms with Crippen LogP contribution in [0.5, 0.6) is 5.75 Å². The molecule has 1 aromatic carbocycles. The molecule has 0 aliphatic rings. The van der Waals surface area contributed by atoms with Crippen LogP contribution in [0, 0.1) is 0 Å². The maximum atomic E-state index is 6.07. The van der Waals surface area contributed by atoms with Gasteiger partial charge in [-0.2, -0.15) is 0 Å². The molecule has 0 aliphatic carbocycles. The molecule has 0 spiro atoms. The highest BCUT2D eigenvalue weighted by Gasteiger charge is 2.06. The molecule has 0 aromatic heterocycles. The highest BCUT2D eigenvalue weighted by Crippen LogP contribution is 2.23. The Balaban J connectivity index is 2.50. The summed E-state index contributed by atoms with van der Waals surface area (Å²) in [6.45, 7) is 5.24. The van der Waals surface area contributed by atoms with Crippen molar-refractivity contribution in [2.45, 2.75) is 39.2 Å². The summed E-state index contributed by atoms with van der Waals surface area (Å²) in [5, 5.41) is 3.96. The second-order valence-corrected chi connectivity index (χ2v) is 4.69. The van der Waals surface area contributed by atoms with Gasteiger partial charge in [0, 0.05) is 5.02 Å². The van der Waals surface area contributed by atoms with Gasteiger partial charge in [0.05, 0.1) is 6.10 Å². The zero-order chi connectivity index (χ0) is 12.7. The van der Waals surface area contributed by atoms with Gasteiger partial charge < -0.3 is 10.1 Å². The van der Waals surface area contributed by atoms with Crippen molar-refractivity contribution in [3.05, 3.63) is 28.8 Å². The van der Waals surface area contributed by atoms with E-state index in [1.54, 1.807) is 0 Å². The van der Waals surface area contributed by atoms with Crippen LogP contribution in [0.2, 0.25) is 5.02 Å². The zero-order valence-electron chi connectivity index (χ0n) is 10.9. The van der Waals surface area contributed by atoms with E-state index in [2.05, 4.69) is 19.2 Å². The quantitative estimate of drug-likeness (QED) is 0.751. The number of benzene rings is 1. The highest BCUT2D eigenvalue weighted by molar-refractivity contribution is 6.31. The van der Waals surface area contributed by atoms with Crippen LogP contribution in [0.3, 0.4) is 0 Å². The largest absolute Gasteiger partial charge is 0.491 e. The number of ether oxygens (including phenoxy) is 1. The molecule has 0 saturated carbocycles. The summed E-state index contributed by atoms with van der Waals surface area (Å²) in [7, 11) is 1.97. The van der Waals surface area contributed by atoms with Gasteiger partial charge >= 0.3 is 0 Å². The Morgan fingerprint density at radius 2 is 2.18 bits per heavy atom. The van der Waals surface area contributed by atoms with E-state index in [0.29, 0.717) is 0 Å². The van der Waals surface area contributed by atoms with E-state index in [4.69, 9.17) is 16.3 Å². The molecular formula is C14H22ClNO. The van der Waals surface area contributed by atoms with Crippen molar-refractivity contribution in [1.82, 2.24) is 5.32 Å². The van der Waals surface area contributed by atoms with Crippen molar-refractivity contribution in [3.8, 4) is 5.75 Å². The normalized spacial score (nSPS) is 12.5. The van der Waals surface area contributed by atoms with Crippen LogP contribution >= 0.6 is 11.6 Å². The number of hydrogen-bond acceptors (Lipinski definition) is 2. The van der Waals surface area contributed by atoms with Gasteiger partial charge in [-0.3, -0.25) is 0 Å². The molecule has 2 nitrogen and oxygen atoms in total. The van der Waals surface area contributed by atoms with E-state index in [-0.39, 0.29) is 6.10 Å². The molecule has 0 fully saturated rings. The van der Waals surface area contributed by atoms with Crippen LogP contribution < -0.4 is 10.1 Å². The Kier molecular flexibility index (Phi) is 6.38. The second kappa shape index (κ2) is 7.57. The molecule has 0 heterocycles. The number of halogens is 1. The van der Waals surface area contributed by atoms with E-state index in [1.807, 2.05) is 25.2 Å². The summed E-state index contributed by atoms with van der Waals surface area (Å²) < 4.78 is 5.87. The molecule has 0 bridgehead atoms. The average molecular weight is 256 g/mol. The predicted octanol–water partition coefficient (Wildman–Crippen LogP) is 3.67. The predicted molar refractivity (Wildman–Crippen MR) is 74.1 cm³/mol. The molecule has 0 aliphatic heterocycles. The van der Waals surface area contributed by atoms with Gasteiger partial charge in [-0.1, -0.05) is 18.5 Å². The third-order valence-electron chi connectivity index (χ3n) is 2.77. The van der Waals surface area contributed by atoms with Gasteiger partial charge in [0.25, 0.3) is 0 Å². The average Bonchev–Trinajstić information content (AvgIpc) is 2.32. The first-order valence-corrected chi connectivity index (χ1v) is 6.64. The molecule has 0 radical (unpaired) electrons. The van der Waals surface area contributed by atoms with Gasteiger partial charge in [-0.25, -0.2) is 0 Å². The molecule has 1 N–H and O–H groups in total. The third kappa shape index (κ3) is 4.97. The molecule has 3 heteroatoms. The number of nitrogens with one attached hydrogen (secondary N) is 1. The van der Waals surface area contributed by atoms with Crippen molar-refractivity contribution in [2.24, 2.45) is 0 Å². The first kappa shape index (κ1) is 14.3. The third-order valence-corrected chi connectivity index (χ3v) is 3.14. The van der Waals surface area contributed by atoms with E-state index in [9.17, 15) is 0 Å². The molecule has 1 rings (SSSR count). The van der Waals surface area contributed by atoms with Crippen molar-refractivity contribution >= 4 is 11.6 Å². The lowest BCUT2D eigenvalue weighted by molar-refractivity contribution is 0.207. The Morgan fingerprint density at radius 1 is 1.41 bits per heavy atom. The Bertz CT molecular complexity index is 341. The molecule has 17 heavy (non-hydrogen) atoms. The second-order valence-electron chi connectivity index (χ2n) is 4.28. The lowest BCUT2D eigenvalue weighted by atomic mass is 10.1. The fourth-order valence-corrected chi connectivity index (χ4v) is 2.00. The molecule has 1 aromatic rings. The fourth-order valence-electron chi connectivity index (χ4n) is 1.75. The van der Waals surface area contributed by atoms with E-state index < -0.39 is 0 Å². The Morgan fingerprint density at radius 3 is 2.82 bits per heavy atom. The molecule has 0 saturated heterocycles. The van der Waals surface area contributed by atoms with Crippen molar-refractivity contribution in [1.29, 1.82) is 0 Å². The van der Waals surface area contributed by atoms with Crippen LogP contribution in [0.25, 0.3) is 0 Å². The van der Waals surface area contributed by atoms with Crippen LogP contribution in [0.1, 0.15) is 32.3 Å². The lowest BCUT2D eigenvalue weighted by Gasteiger charge is -2.15. The van der Waals surface area contributed by atoms with E-state index in [0.717, 1.165) is 42.1 Å². The van der Waals surface area contributed by atoms with Gasteiger partial charge in [0.15, 0.2) is 0 Å². The summed E-state index contributed by atoms with van der Waals surface area (Å²) in [4.78, 5) is 0. The van der Waals surface area contributed by atoms with Crippen LogP contribution in [0.4, 0.5) is 0 Å². The van der Waals surface area contributed by atoms with Crippen LogP contribution in [-0.2, 0) is 6.42 Å². The van der Waals surface area contributed by atoms with Crippen LogP contribution in [0.15, 0.2) is 18.2 Å². The topological polar surface area (TPSA) is 21.3 Å². The van der Waals surface area contributed by atoms with Gasteiger partial charge in [0.1, 0.15) is 5.75 Å². The summed E-state index contributed by atoms with van der Waals surface area (Å²) >= 11 is 6.07. The maximum absolute atomic E-state index is 6.07. The molecule has 1 unspecified atom stereocenters. The maximum Gasteiger partial charge on any atom is 0.120 e. The van der Waals surface area contributed by atoms with Crippen molar-refractivity contribution < 1.29 is 4.74 Å². The monoisotopic (exact) mass is 255 g/mol. The first-order chi connectivity index (χ1) is 8.17. The number of aryl methyl sites for hydroxylation is 1. The minimum absolute atomic E-state index is 0.245. The first-order valence-electron chi connectivity index (χ1n) is 6.27. The van der Waals surface area contributed by atoms with E-state index >= 15 is 0 Å². The van der Waals surface area contributed by atoms with Crippen LogP contribution in [-0.4, -0.2) is 19.7 Å². The number of rotatable bonds is 7. The number of hydrogen-bond donors (Lipinski definition) is 1. The fraction of sp³-hybridized carbons (Fsp3) is 0.571. The van der Waals surface area contributed by atoms with Crippen molar-refractivity contribution in [2.75, 3.05) is 13.6 Å². The highest BCUT2D eigenvalue weighted by atomic mass is 35.5. The van der Waals surface area contributed by atoms with E-state index in [1.165, 1.54) is 0 Å². The summed E-state index contributed by atoms with van der Waals surface area (Å²) in [6.07, 6.45) is 3.37. The van der Waals surface area contributed by atoms with Gasteiger partial charge in [0.2, 0.25) is 0 Å².